The maximum atomic E-state index is 12.9. The van der Waals surface area contributed by atoms with Crippen LogP contribution in [-0.2, 0) is 14.2 Å². The van der Waals surface area contributed by atoms with Crippen molar-refractivity contribution < 1.29 is 23.8 Å². The van der Waals surface area contributed by atoms with E-state index < -0.39 is 30.4 Å². The quantitative estimate of drug-likeness (QED) is 0.278. The molecule has 1 aliphatic heterocycles. The number of aryl methyl sites for hydroxylation is 2. The van der Waals surface area contributed by atoms with Gasteiger partial charge in [0, 0.05) is 6.42 Å². The van der Waals surface area contributed by atoms with E-state index in [4.69, 9.17) is 25.8 Å². The second-order valence-electron chi connectivity index (χ2n) is 8.63. The van der Waals surface area contributed by atoms with E-state index in [9.17, 15) is 9.59 Å². The zero-order chi connectivity index (χ0) is 25.2. The molecule has 1 saturated heterocycles. The Morgan fingerprint density at radius 1 is 0.972 bits per heavy atom. The predicted octanol–water partition coefficient (Wildman–Crippen LogP) is 4.47. The fourth-order valence-corrected chi connectivity index (χ4v) is 4.18. The Labute approximate surface area is 212 Å². The highest BCUT2D eigenvalue weighted by Gasteiger charge is 2.40. The van der Waals surface area contributed by atoms with Gasteiger partial charge in [-0.1, -0.05) is 47.0 Å². The number of fused-ring (bicyclic) bond motifs is 1. The molecule has 0 unspecified atom stereocenters. The third-order valence-electron chi connectivity index (χ3n) is 6.02. The molecule has 1 aliphatic rings. The summed E-state index contributed by atoms with van der Waals surface area (Å²) in [7, 11) is 0. The first-order valence-corrected chi connectivity index (χ1v) is 11.8. The third kappa shape index (κ3) is 4.93. The second kappa shape index (κ2) is 10.0. The van der Waals surface area contributed by atoms with Gasteiger partial charge in [-0.3, -0.25) is 4.57 Å². The van der Waals surface area contributed by atoms with Crippen LogP contribution >= 0.6 is 11.6 Å². The number of imidazole rings is 1. The summed E-state index contributed by atoms with van der Waals surface area (Å²) in [5, 5.41) is 0.225. The van der Waals surface area contributed by atoms with Gasteiger partial charge in [0.2, 0.25) is 0 Å². The number of ether oxygens (including phenoxy) is 3. The molecule has 0 spiro atoms. The summed E-state index contributed by atoms with van der Waals surface area (Å²) in [4.78, 5) is 37.9. The molecule has 0 N–H and O–H groups in total. The zero-order valence-electron chi connectivity index (χ0n) is 19.6. The molecular formula is C26H23ClN4O5. The number of halogens is 1. The summed E-state index contributed by atoms with van der Waals surface area (Å²) < 4.78 is 19.2. The van der Waals surface area contributed by atoms with Gasteiger partial charge in [0.25, 0.3) is 0 Å². The number of nitrogens with zero attached hydrogens (tertiary/aromatic N) is 4. The fourth-order valence-electron chi connectivity index (χ4n) is 4.01. The Kier molecular flexibility index (Phi) is 6.67. The van der Waals surface area contributed by atoms with Crippen LogP contribution in [0.3, 0.4) is 0 Å². The molecule has 0 aliphatic carbocycles. The van der Waals surface area contributed by atoms with Crippen LogP contribution in [0.2, 0.25) is 5.15 Å². The van der Waals surface area contributed by atoms with Crippen LogP contribution in [0.25, 0.3) is 11.2 Å². The molecule has 3 heterocycles. The van der Waals surface area contributed by atoms with E-state index in [0.29, 0.717) is 28.7 Å². The lowest BCUT2D eigenvalue weighted by molar-refractivity contribution is -0.0563. The molecule has 9 nitrogen and oxygen atoms in total. The van der Waals surface area contributed by atoms with E-state index in [1.165, 1.54) is 6.33 Å². The summed E-state index contributed by atoms with van der Waals surface area (Å²) in [5.41, 5.74) is 3.84. The van der Waals surface area contributed by atoms with E-state index in [1.807, 2.05) is 38.1 Å². The smallest absolute Gasteiger partial charge is 0.338 e. The molecule has 5 rings (SSSR count). The van der Waals surface area contributed by atoms with Crippen molar-refractivity contribution in [2.75, 3.05) is 6.61 Å². The number of hydrogen-bond acceptors (Lipinski definition) is 8. The van der Waals surface area contributed by atoms with Gasteiger partial charge in [-0.05, 0) is 38.1 Å². The number of rotatable bonds is 6. The minimum Gasteiger partial charge on any atom is -0.459 e. The van der Waals surface area contributed by atoms with Crippen molar-refractivity contribution >= 4 is 34.7 Å². The summed E-state index contributed by atoms with van der Waals surface area (Å²) in [6.45, 7) is 3.78. The van der Waals surface area contributed by atoms with Crippen LogP contribution < -0.4 is 0 Å². The fraction of sp³-hybridized carbons (Fsp3) is 0.269. The highest BCUT2D eigenvalue weighted by atomic mass is 35.5. The number of carbonyl (C=O) groups excluding carboxylic acids is 2. The summed E-state index contributed by atoms with van der Waals surface area (Å²) in [6.07, 6.45) is 1.25. The molecule has 2 aromatic heterocycles. The van der Waals surface area contributed by atoms with Crippen molar-refractivity contribution in [3.63, 3.8) is 0 Å². The molecular weight excluding hydrogens is 484 g/mol. The normalized spacial score (nSPS) is 19.4. The van der Waals surface area contributed by atoms with Gasteiger partial charge in [-0.25, -0.2) is 24.5 Å². The molecule has 1 fully saturated rings. The van der Waals surface area contributed by atoms with Gasteiger partial charge in [0.05, 0.1) is 17.5 Å². The Hall–Kier alpha value is -3.82. The Bertz CT molecular complexity index is 1400. The molecule has 4 aromatic rings. The van der Waals surface area contributed by atoms with E-state index >= 15 is 0 Å². The summed E-state index contributed by atoms with van der Waals surface area (Å²) in [6, 6.07) is 14.2. The van der Waals surface area contributed by atoms with Gasteiger partial charge >= 0.3 is 11.9 Å². The largest absolute Gasteiger partial charge is 0.459 e. The van der Waals surface area contributed by atoms with Crippen LogP contribution in [0.1, 0.15) is 44.5 Å². The predicted molar refractivity (Wildman–Crippen MR) is 131 cm³/mol. The van der Waals surface area contributed by atoms with Gasteiger partial charge in [0.1, 0.15) is 36.9 Å². The molecule has 36 heavy (non-hydrogen) atoms. The Morgan fingerprint density at radius 3 is 2.28 bits per heavy atom. The van der Waals surface area contributed by atoms with Crippen LogP contribution in [0.5, 0.6) is 0 Å². The van der Waals surface area contributed by atoms with Crippen LogP contribution in [0, 0.1) is 13.8 Å². The lowest BCUT2D eigenvalue weighted by atomic mass is 10.1. The average molecular weight is 507 g/mol. The Balaban J connectivity index is 1.36. The third-order valence-corrected chi connectivity index (χ3v) is 6.29. The van der Waals surface area contributed by atoms with Gasteiger partial charge in [-0.15, -0.1) is 0 Å². The highest BCUT2D eigenvalue weighted by Crippen LogP contribution is 2.34. The van der Waals surface area contributed by atoms with Crippen LogP contribution in [0.15, 0.2) is 61.2 Å². The molecule has 0 amide bonds. The van der Waals surface area contributed by atoms with Gasteiger partial charge in [-0.2, -0.15) is 0 Å². The highest BCUT2D eigenvalue weighted by molar-refractivity contribution is 6.33. The standard InChI is InChI=1S/C26H23ClN4O5/c1-15-3-7-17(8-4-15)25(32)34-12-20-19(36-26(33)18-9-5-16(2)6-10-18)11-21(35-20)31-14-30-22-23(27)28-13-29-24(22)31/h3-10,13-14,19-21H,11-12H2,1-2H3/t19-,20+,21-/m0/s1. The monoisotopic (exact) mass is 506 g/mol. The second-order valence-corrected chi connectivity index (χ2v) is 8.99. The van der Waals surface area contributed by atoms with E-state index in [0.717, 1.165) is 11.1 Å². The Morgan fingerprint density at radius 2 is 1.61 bits per heavy atom. The van der Waals surface area contributed by atoms with E-state index in [2.05, 4.69) is 15.0 Å². The van der Waals surface area contributed by atoms with Crippen molar-refractivity contribution in [1.82, 2.24) is 19.5 Å². The number of benzene rings is 2. The first-order valence-electron chi connectivity index (χ1n) is 11.4. The molecule has 3 atom stereocenters. The lowest BCUT2D eigenvalue weighted by Gasteiger charge is -2.19. The zero-order valence-corrected chi connectivity index (χ0v) is 20.4. The SMILES string of the molecule is Cc1ccc(C(=O)OC[C@H]2O[C@H](n3cnc4c(Cl)ncnc43)C[C@@H]2OC(=O)c2ccc(C)cc2)cc1. The molecule has 10 heteroatoms. The van der Waals surface area contributed by atoms with Crippen molar-refractivity contribution in [2.45, 2.75) is 38.7 Å². The maximum Gasteiger partial charge on any atom is 0.338 e. The van der Waals surface area contributed by atoms with Crippen LogP contribution in [0.4, 0.5) is 0 Å². The van der Waals surface area contributed by atoms with Crippen LogP contribution in [-0.4, -0.2) is 50.3 Å². The molecule has 0 saturated carbocycles. The van der Waals surface area contributed by atoms with Crippen molar-refractivity contribution in [3.8, 4) is 0 Å². The minimum atomic E-state index is -0.700. The number of esters is 2. The lowest BCUT2D eigenvalue weighted by Crippen LogP contribution is -2.32. The number of carbonyl (C=O) groups is 2. The van der Waals surface area contributed by atoms with Gasteiger partial charge < -0.3 is 14.2 Å². The average Bonchev–Trinajstić information content (AvgIpc) is 3.48. The van der Waals surface area contributed by atoms with Crippen molar-refractivity contribution in [2.24, 2.45) is 0 Å². The number of aromatic nitrogens is 4. The van der Waals surface area contributed by atoms with Crippen molar-refractivity contribution in [3.05, 3.63) is 88.6 Å². The minimum absolute atomic E-state index is 0.0998. The number of hydrogen-bond donors (Lipinski definition) is 0. The maximum absolute atomic E-state index is 12.9. The van der Waals surface area contributed by atoms with E-state index in [1.54, 1.807) is 35.2 Å². The van der Waals surface area contributed by atoms with Gasteiger partial charge in [0.15, 0.2) is 10.8 Å². The summed E-state index contributed by atoms with van der Waals surface area (Å²) >= 11 is 6.14. The van der Waals surface area contributed by atoms with Crippen molar-refractivity contribution in [1.29, 1.82) is 0 Å². The van der Waals surface area contributed by atoms with E-state index in [-0.39, 0.29) is 11.8 Å². The molecule has 0 bridgehead atoms. The topological polar surface area (TPSA) is 105 Å². The summed E-state index contributed by atoms with van der Waals surface area (Å²) in [5.74, 6) is -0.974. The molecule has 2 aromatic carbocycles. The molecule has 184 valence electrons. The first-order chi connectivity index (χ1) is 17.4. The first kappa shape index (κ1) is 23.9. The molecule has 0 radical (unpaired) electrons.